The zero-order valence-corrected chi connectivity index (χ0v) is 19.4. The molecule has 0 atom stereocenters. The maximum atomic E-state index is 13.2. The molecule has 0 saturated carbocycles. The highest BCUT2D eigenvalue weighted by Gasteiger charge is 2.21. The smallest absolute Gasteiger partial charge is 0.252 e. The van der Waals surface area contributed by atoms with Crippen LogP contribution in [0, 0.1) is 0 Å². The number of aromatic nitrogens is 1. The van der Waals surface area contributed by atoms with Crippen molar-refractivity contribution in [1.82, 2.24) is 9.88 Å². The summed E-state index contributed by atoms with van der Waals surface area (Å²) in [5, 5.41) is 0.557. The van der Waals surface area contributed by atoms with E-state index in [4.69, 9.17) is 4.74 Å². The summed E-state index contributed by atoms with van der Waals surface area (Å²) in [5.41, 5.74) is 1.62. The Morgan fingerprint density at radius 3 is 2.66 bits per heavy atom. The summed E-state index contributed by atoms with van der Waals surface area (Å²) in [6, 6.07) is 14.5. The van der Waals surface area contributed by atoms with Crippen molar-refractivity contribution in [2.45, 2.75) is 4.90 Å². The van der Waals surface area contributed by atoms with Crippen molar-refractivity contribution >= 4 is 48.5 Å². The minimum absolute atomic E-state index is 0.162. The Bertz CT molecular complexity index is 1220. The third-order valence-electron chi connectivity index (χ3n) is 5.24. The van der Waals surface area contributed by atoms with E-state index in [-0.39, 0.29) is 10.8 Å². The predicted molar refractivity (Wildman–Crippen MR) is 128 cm³/mol. The van der Waals surface area contributed by atoms with E-state index >= 15 is 0 Å². The molecule has 0 bridgehead atoms. The number of fused-ring (bicyclic) bond motifs is 1. The molecule has 0 spiro atoms. The molecule has 7 nitrogen and oxygen atoms in total. The van der Waals surface area contributed by atoms with Gasteiger partial charge in [0.25, 0.3) is 5.91 Å². The van der Waals surface area contributed by atoms with Crippen LogP contribution in [0.15, 0.2) is 59.5 Å². The number of carbonyl (C=O) groups is 1. The summed E-state index contributed by atoms with van der Waals surface area (Å²) in [7, 11) is -3.32. The summed E-state index contributed by atoms with van der Waals surface area (Å²) in [4.78, 5) is 22.0. The number of nitrogens with zero attached hydrogens (tertiary/aromatic N) is 3. The minimum atomic E-state index is -3.32. The highest BCUT2D eigenvalue weighted by Crippen LogP contribution is 2.31. The second-order valence-corrected chi connectivity index (χ2v) is 10.6. The molecular formula is C23H25N3O4S2. The lowest BCUT2D eigenvalue weighted by molar-refractivity contribution is -0.114. The van der Waals surface area contributed by atoms with Gasteiger partial charge in [0.15, 0.2) is 15.0 Å². The molecule has 32 heavy (non-hydrogen) atoms. The van der Waals surface area contributed by atoms with Crippen LogP contribution in [0.4, 0.5) is 5.13 Å². The lowest BCUT2D eigenvalue weighted by Crippen LogP contribution is -2.42. The van der Waals surface area contributed by atoms with Gasteiger partial charge < -0.3 is 4.74 Å². The lowest BCUT2D eigenvalue weighted by atomic mass is 10.2. The van der Waals surface area contributed by atoms with E-state index in [1.54, 1.807) is 35.3 Å². The molecule has 0 N–H and O–H groups in total. The summed E-state index contributed by atoms with van der Waals surface area (Å²) in [5.74, 6) is -0.162. The number of hydrogen-bond acceptors (Lipinski definition) is 7. The van der Waals surface area contributed by atoms with Gasteiger partial charge in [0, 0.05) is 38.5 Å². The molecule has 1 saturated heterocycles. The van der Waals surface area contributed by atoms with Gasteiger partial charge in [-0.05, 0) is 29.8 Å². The van der Waals surface area contributed by atoms with Gasteiger partial charge in [-0.3, -0.25) is 14.6 Å². The quantitative estimate of drug-likeness (QED) is 0.493. The van der Waals surface area contributed by atoms with Crippen molar-refractivity contribution < 1.29 is 17.9 Å². The van der Waals surface area contributed by atoms with Crippen LogP contribution in [-0.2, 0) is 19.4 Å². The van der Waals surface area contributed by atoms with Gasteiger partial charge >= 0.3 is 0 Å². The third kappa shape index (κ3) is 5.60. The average Bonchev–Trinajstić information content (AvgIpc) is 3.21. The van der Waals surface area contributed by atoms with E-state index in [1.807, 2.05) is 30.3 Å². The number of hydrogen-bond donors (Lipinski definition) is 0. The van der Waals surface area contributed by atoms with E-state index in [2.05, 4.69) is 9.88 Å². The van der Waals surface area contributed by atoms with Gasteiger partial charge in [-0.15, -0.1) is 0 Å². The van der Waals surface area contributed by atoms with E-state index in [0.29, 0.717) is 37.0 Å². The third-order valence-corrected chi connectivity index (χ3v) is 7.39. The first-order chi connectivity index (χ1) is 15.4. The van der Waals surface area contributed by atoms with Gasteiger partial charge in [-0.1, -0.05) is 41.7 Å². The van der Waals surface area contributed by atoms with Crippen molar-refractivity contribution in [3.8, 4) is 0 Å². The fourth-order valence-corrected chi connectivity index (χ4v) is 5.18. The minimum Gasteiger partial charge on any atom is -0.379 e. The Labute approximate surface area is 191 Å². The summed E-state index contributed by atoms with van der Waals surface area (Å²) in [6.07, 6.45) is 4.53. The normalized spacial score (nSPS) is 15.4. The van der Waals surface area contributed by atoms with Crippen molar-refractivity contribution in [3.63, 3.8) is 0 Å². The Hall–Kier alpha value is -2.59. The molecule has 0 aliphatic carbocycles. The molecule has 0 radical (unpaired) electrons. The molecule has 2 aromatic carbocycles. The SMILES string of the molecule is CS(=O)(=O)c1ccc2nc(N(CCN3CCOCC3)C(=O)/C=C/c3ccccc3)sc2c1. The number of morpholine rings is 1. The molecule has 9 heteroatoms. The topological polar surface area (TPSA) is 79.8 Å². The molecule has 1 amide bonds. The van der Waals surface area contributed by atoms with Gasteiger partial charge in [0.2, 0.25) is 0 Å². The molecule has 1 aromatic heterocycles. The Kier molecular flexibility index (Phi) is 7.00. The van der Waals surface area contributed by atoms with Crippen LogP contribution in [0.3, 0.4) is 0 Å². The Balaban J connectivity index is 1.61. The van der Waals surface area contributed by atoms with Crippen LogP contribution in [-0.4, -0.2) is 69.9 Å². The molecular weight excluding hydrogens is 446 g/mol. The number of amides is 1. The molecule has 1 aliphatic rings. The van der Waals surface area contributed by atoms with Crippen molar-refractivity contribution in [3.05, 3.63) is 60.2 Å². The number of anilines is 1. The van der Waals surface area contributed by atoms with Crippen LogP contribution in [0.5, 0.6) is 0 Å². The average molecular weight is 472 g/mol. The number of thiazole rings is 1. The fraction of sp³-hybridized carbons (Fsp3) is 0.304. The monoisotopic (exact) mass is 471 g/mol. The molecule has 0 unspecified atom stereocenters. The Morgan fingerprint density at radius 2 is 1.94 bits per heavy atom. The van der Waals surface area contributed by atoms with Gasteiger partial charge in [0.05, 0.1) is 28.3 Å². The number of sulfone groups is 1. The second kappa shape index (κ2) is 9.91. The number of rotatable bonds is 7. The summed E-state index contributed by atoms with van der Waals surface area (Å²) < 4.78 is 30.0. The predicted octanol–water partition coefficient (Wildman–Crippen LogP) is 3.08. The Morgan fingerprint density at radius 1 is 1.19 bits per heavy atom. The van der Waals surface area contributed by atoms with E-state index < -0.39 is 9.84 Å². The highest BCUT2D eigenvalue weighted by atomic mass is 32.2. The number of benzene rings is 2. The van der Waals surface area contributed by atoms with Crippen LogP contribution in [0.25, 0.3) is 16.3 Å². The number of carbonyl (C=O) groups excluding carboxylic acids is 1. The van der Waals surface area contributed by atoms with Gasteiger partial charge in [0.1, 0.15) is 0 Å². The molecule has 2 heterocycles. The molecule has 3 aromatic rings. The molecule has 168 valence electrons. The van der Waals surface area contributed by atoms with Crippen molar-refractivity contribution in [2.24, 2.45) is 0 Å². The zero-order chi connectivity index (χ0) is 22.6. The maximum absolute atomic E-state index is 13.2. The highest BCUT2D eigenvalue weighted by molar-refractivity contribution is 7.90. The first-order valence-corrected chi connectivity index (χ1v) is 13.1. The van der Waals surface area contributed by atoms with Crippen LogP contribution in [0.1, 0.15) is 5.56 Å². The standard InChI is InChI=1S/C23H25N3O4S2/c1-32(28,29)19-8-9-20-21(17-19)31-23(24-20)26(12-11-25-13-15-30-16-14-25)22(27)10-7-18-5-3-2-4-6-18/h2-10,17H,11-16H2,1H3/b10-7+. The molecule has 1 fully saturated rings. The fourth-order valence-electron chi connectivity index (χ4n) is 3.43. The van der Waals surface area contributed by atoms with Gasteiger partial charge in [-0.2, -0.15) is 0 Å². The number of ether oxygens (including phenoxy) is 1. The largest absolute Gasteiger partial charge is 0.379 e. The maximum Gasteiger partial charge on any atom is 0.252 e. The molecule has 1 aliphatic heterocycles. The molecule has 4 rings (SSSR count). The first-order valence-electron chi connectivity index (χ1n) is 10.4. The van der Waals surface area contributed by atoms with E-state index in [9.17, 15) is 13.2 Å². The van der Waals surface area contributed by atoms with Gasteiger partial charge in [-0.25, -0.2) is 13.4 Å². The van der Waals surface area contributed by atoms with Crippen LogP contribution < -0.4 is 4.90 Å². The van der Waals surface area contributed by atoms with Crippen molar-refractivity contribution in [1.29, 1.82) is 0 Å². The second-order valence-electron chi connectivity index (χ2n) is 7.59. The van der Waals surface area contributed by atoms with Crippen LogP contribution in [0.2, 0.25) is 0 Å². The summed E-state index contributed by atoms with van der Waals surface area (Å²) >= 11 is 1.32. The first kappa shape index (κ1) is 22.6. The zero-order valence-electron chi connectivity index (χ0n) is 17.8. The summed E-state index contributed by atoms with van der Waals surface area (Å²) in [6.45, 7) is 4.24. The van der Waals surface area contributed by atoms with Crippen LogP contribution >= 0.6 is 11.3 Å². The lowest BCUT2D eigenvalue weighted by Gasteiger charge is -2.28. The van der Waals surface area contributed by atoms with E-state index in [1.165, 1.54) is 17.6 Å². The van der Waals surface area contributed by atoms with E-state index in [0.717, 1.165) is 23.4 Å². The van der Waals surface area contributed by atoms with Crippen molar-refractivity contribution in [2.75, 3.05) is 50.5 Å².